The van der Waals surface area contributed by atoms with Crippen LogP contribution >= 0.6 is 0 Å². The van der Waals surface area contributed by atoms with Crippen LogP contribution in [0.5, 0.6) is 5.75 Å². The van der Waals surface area contributed by atoms with Crippen LogP contribution < -0.4 is 15.9 Å². The molecule has 2 N–H and O–H groups in total. The fourth-order valence-electron chi connectivity index (χ4n) is 2.47. The van der Waals surface area contributed by atoms with Gasteiger partial charge in [-0.1, -0.05) is 32.9 Å². The summed E-state index contributed by atoms with van der Waals surface area (Å²) in [6, 6.07) is 7.53. The highest BCUT2D eigenvalue weighted by molar-refractivity contribution is 6.62. The number of benzene rings is 1. The summed E-state index contributed by atoms with van der Waals surface area (Å²) in [5, 5.41) is 0. The van der Waals surface area contributed by atoms with E-state index in [9.17, 15) is 4.79 Å². The van der Waals surface area contributed by atoms with Crippen LogP contribution in [0, 0.1) is 5.41 Å². The van der Waals surface area contributed by atoms with Gasteiger partial charge in [0.25, 0.3) is 0 Å². The number of primary amides is 1. The lowest BCUT2D eigenvalue weighted by atomic mass is 9.79. The summed E-state index contributed by atoms with van der Waals surface area (Å²) in [4.78, 5) is 11.1. The molecule has 0 spiro atoms. The van der Waals surface area contributed by atoms with Crippen molar-refractivity contribution < 1.29 is 23.6 Å². The molecule has 1 atom stereocenters. The summed E-state index contributed by atoms with van der Waals surface area (Å²) in [5.41, 5.74) is 5.04. The molecule has 26 heavy (non-hydrogen) atoms. The SMILES string of the molecule is CC(C)(C)C(COc1ccc(B2OC(C)(C)C(C)(C)O2)cc1)OC(N)=O. The first-order chi connectivity index (χ1) is 11.8. The zero-order valence-corrected chi connectivity index (χ0v) is 16.8. The van der Waals surface area contributed by atoms with E-state index < -0.39 is 19.3 Å². The molecule has 1 saturated heterocycles. The lowest BCUT2D eigenvalue weighted by molar-refractivity contribution is 0.00578. The number of nitrogens with two attached hydrogens (primary N) is 1. The smallest absolute Gasteiger partial charge is 0.490 e. The largest absolute Gasteiger partial charge is 0.494 e. The molecule has 0 aromatic heterocycles. The Balaban J connectivity index is 2.01. The Morgan fingerprint density at radius 2 is 1.62 bits per heavy atom. The Morgan fingerprint density at radius 1 is 1.12 bits per heavy atom. The lowest BCUT2D eigenvalue weighted by Crippen LogP contribution is -2.41. The molecule has 2 rings (SSSR count). The third kappa shape index (κ3) is 4.71. The molecule has 6 nitrogen and oxygen atoms in total. The van der Waals surface area contributed by atoms with Crippen LogP contribution in [0.1, 0.15) is 48.5 Å². The van der Waals surface area contributed by atoms with E-state index in [0.29, 0.717) is 5.75 Å². The first kappa shape index (κ1) is 20.6. The maximum Gasteiger partial charge on any atom is 0.494 e. The highest BCUT2D eigenvalue weighted by atomic mass is 16.7. The number of amides is 1. The maximum atomic E-state index is 11.1. The Labute approximate surface area is 156 Å². The second kappa shape index (κ2) is 7.12. The number of hydrogen-bond donors (Lipinski definition) is 1. The summed E-state index contributed by atoms with van der Waals surface area (Å²) in [6.07, 6.45) is -1.24. The lowest BCUT2D eigenvalue weighted by Gasteiger charge is -2.32. The fraction of sp³-hybridized carbons (Fsp3) is 0.632. The minimum Gasteiger partial charge on any atom is -0.490 e. The monoisotopic (exact) mass is 363 g/mol. The van der Waals surface area contributed by atoms with Crippen molar-refractivity contribution in [2.45, 2.75) is 65.8 Å². The van der Waals surface area contributed by atoms with E-state index in [4.69, 9.17) is 24.5 Å². The van der Waals surface area contributed by atoms with Crippen LogP contribution in [0.25, 0.3) is 0 Å². The first-order valence-electron chi connectivity index (χ1n) is 8.86. The number of carbonyl (C=O) groups excluding carboxylic acids is 1. The average Bonchev–Trinajstić information content (AvgIpc) is 2.71. The van der Waals surface area contributed by atoms with Gasteiger partial charge in [0, 0.05) is 5.41 Å². The molecular weight excluding hydrogens is 333 g/mol. The predicted octanol–water partition coefficient (Wildman–Crippen LogP) is 2.87. The van der Waals surface area contributed by atoms with Crippen molar-refractivity contribution >= 4 is 18.7 Å². The number of rotatable bonds is 5. The van der Waals surface area contributed by atoms with Crippen LogP contribution in [-0.4, -0.2) is 37.1 Å². The molecule has 1 unspecified atom stereocenters. The second-order valence-corrected chi connectivity index (χ2v) is 8.76. The van der Waals surface area contributed by atoms with Crippen molar-refractivity contribution in [3.05, 3.63) is 24.3 Å². The van der Waals surface area contributed by atoms with Crippen molar-refractivity contribution in [3.63, 3.8) is 0 Å². The van der Waals surface area contributed by atoms with Crippen LogP contribution in [0.15, 0.2) is 24.3 Å². The van der Waals surface area contributed by atoms with Crippen LogP contribution in [0.2, 0.25) is 0 Å². The molecule has 0 radical (unpaired) electrons. The quantitative estimate of drug-likeness (QED) is 0.814. The molecule has 1 heterocycles. The van der Waals surface area contributed by atoms with Gasteiger partial charge in [-0.15, -0.1) is 0 Å². The van der Waals surface area contributed by atoms with Gasteiger partial charge in [0.05, 0.1) is 11.2 Å². The van der Waals surface area contributed by atoms with Crippen LogP contribution in [0.3, 0.4) is 0 Å². The van der Waals surface area contributed by atoms with Gasteiger partial charge >= 0.3 is 13.2 Å². The summed E-state index contributed by atoms with van der Waals surface area (Å²) in [6.45, 7) is 14.2. The van der Waals surface area contributed by atoms with Crippen LogP contribution in [0.4, 0.5) is 4.79 Å². The third-order valence-corrected chi connectivity index (χ3v) is 5.03. The van der Waals surface area contributed by atoms with Crippen molar-refractivity contribution in [3.8, 4) is 5.75 Å². The van der Waals surface area contributed by atoms with Crippen molar-refractivity contribution in [2.24, 2.45) is 11.1 Å². The summed E-state index contributed by atoms with van der Waals surface area (Å²) >= 11 is 0. The van der Waals surface area contributed by atoms with Gasteiger partial charge in [-0.05, 0) is 45.3 Å². The van der Waals surface area contributed by atoms with Gasteiger partial charge in [0.2, 0.25) is 0 Å². The Morgan fingerprint density at radius 3 is 2.04 bits per heavy atom. The molecule has 1 amide bonds. The minimum atomic E-state index is -0.801. The van der Waals surface area contributed by atoms with Gasteiger partial charge in [-0.3, -0.25) is 0 Å². The highest BCUT2D eigenvalue weighted by Gasteiger charge is 2.51. The second-order valence-electron chi connectivity index (χ2n) is 8.76. The van der Waals surface area contributed by atoms with Crippen molar-refractivity contribution in [1.29, 1.82) is 0 Å². The number of hydrogen-bond acceptors (Lipinski definition) is 5. The molecule has 1 aromatic rings. The zero-order chi connectivity index (χ0) is 19.8. The Hall–Kier alpha value is -1.73. The van der Waals surface area contributed by atoms with E-state index in [1.54, 1.807) is 0 Å². The van der Waals surface area contributed by atoms with Gasteiger partial charge in [-0.2, -0.15) is 0 Å². The molecule has 0 saturated carbocycles. The molecule has 144 valence electrons. The summed E-state index contributed by atoms with van der Waals surface area (Å²) in [5.74, 6) is 0.674. The minimum absolute atomic E-state index is 0.224. The first-order valence-corrected chi connectivity index (χ1v) is 8.86. The van der Waals surface area contributed by atoms with Gasteiger partial charge in [0.15, 0.2) is 0 Å². The van der Waals surface area contributed by atoms with Crippen molar-refractivity contribution in [1.82, 2.24) is 0 Å². The topological polar surface area (TPSA) is 80.0 Å². The summed E-state index contributed by atoms with van der Waals surface area (Å²) < 4.78 is 23.0. The van der Waals surface area contributed by atoms with E-state index in [0.717, 1.165) is 5.46 Å². The molecule has 1 aliphatic heterocycles. The molecule has 1 aliphatic rings. The molecule has 1 fully saturated rings. The normalized spacial score (nSPS) is 19.9. The number of carbonyl (C=O) groups is 1. The van der Waals surface area contributed by atoms with Crippen LogP contribution in [-0.2, 0) is 14.0 Å². The zero-order valence-electron chi connectivity index (χ0n) is 16.8. The standard InChI is InChI=1S/C19H30BNO5/c1-17(2,3)15(24-16(21)22)12-23-14-10-8-13(9-11-14)20-25-18(4,5)19(6,7)26-20/h8-11,15H,12H2,1-7H3,(H2,21,22). The average molecular weight is 363 g/mol. The molecule has 0 aliphatic carbocycles. The van der Waals surface area contributed by atoms with E-state index in [-0.39, 0.29) is 23.2 Å². The molecule has 0 bridgehead atoms. The van der Waals surface area contributed by atoms with Gasteiger partial charge < -0.3 is 24.5 Å². The highest BCUT2D eigenvalue weighted by Crippen LogP contribution is 2.36. The summed E-state index contributed by atoms with van der Waals surface area (Å²) in [7, 11) is -0.408. The van der Waals surface area contributed by atoms with Gasteiger partial charge in [0.1, 0.15) is 18.5 Å². The maximum absolute atomic E-state index is 11.1. The fourth-order valence-corrected chi connectivity index (χ4v) is 2.47. The predicted molar refractivity (Wildman–Crippen MR) is 102 cm³/mol. The molecule has 7 heteroatoms. The number of ether oxygens (including phenoxy) is 2. The van der Waals surface area contributed by atoms with E-state index in [1.165, 1.54) is 0 Å². The van der Waals surface area contributed by atoms with Crippen molar-refractivity contribution in [2.75, 3.05) is 6.61 Å². The third-order valence-electron chi connectivity index (χ3n) is 5.03. The Bertz CT molecular complexity index is 620. The van der Waals surface area contributed by atoms with E-state index in [2.05, 4.69) is 0 Å². The van der Waals surface area contributed by atoms with E-state index in [1.807, 2.05) is 72.7 Å². The van der Waals surface area contributed by atoms with Gasteiger partial charge in [-0.25, -0.2) is 4.79 Å². The van der Waals surface area contributed by atoms with E-state index >= 15 is 0 Å². The Kier molecular flexibility index (Phi) is 5.64. The molecule has 1 aromatic carbocycles. The molecular formula is C19H30BNO5.